The van der Waals surface area contributed by atoms with Gasteiger partial charge in [0.05, 0.1) is 21.8 Å². The first-order valence-corrected chi connectivity index (χ1v) is 7.04. The molecule has 0 spiro atoms. The number of hydrogen-bond donors (Lipinski definition) is 1. The van der Waals surface area contributed by atoms with Crippen LogP contribution in [-0.4, -0.2) is 18.5 Å². The maximum Gasteiger partial charge on any atom is 0.416 e. The summed E-state index contributed by atoms with van der Waals surface area (Å²) in [5, 5.41) is 2.12. The average Bonchev–Trinajstić information content (AvgIpc) is 2.54. The molecule has 2 rings (SSSR count). The number of carbonyl (C=O) groups is 2. The third-order valence-electron chi connectivity index (χ3n) is 2.91. The Morgan fingerprint density at radius 2 is 1.75 bits per heavy atom. The maximum absolute atomic E-state index is 12.7. The smallest absolute Gasteiger partial charge is 0.416 e. The predicted molar refractivity (Wildman–Crippen MR) is 81.8 cm³/mol. The van der Waals surface area contributed by atoms with Crippen molar-refractivity contribution in [2.45, 2.75) is 6.18 Å². The van der Waals surface area contributed by atoms with Crippen LogP contribution < -0.4 is 5.32 Å². The third kappa shape index (κ3) is 4.73. The van der Waals surface area contributed by atoms with Crippen molar-refractivity contribution in [2.75, 3.05) is 11.9 Å². The molecule has 0 fully saturated rings. The Balaban J connectivity index is 1.99. The van der Waals surface area contributed by atoms with Gasteiger partial charge >= 0.3 is 12.1 Å². The molecule has 0 atom stereocenters. The van der Waals surface area contributed by atoms with E-state index in [4.69, 9.17) is 16.3 Å². The molecule has 0 radical (unpaired) electrons. The second-order valence-electron chi connectivity index (χ2n) is 4.68. The van der Waals surface area contributed by atoms with Crippen molar-refractivity contribution >= 4 is 29.2 Å². The number of anilines is 1. The fraction of sp³-hybridized carbons (Fsp3) is 0.125. The number of nitrogens with one attached hydrogen (secondary N) is 1. The number of carbonyl (C=O) groups excluding carboxylic acids is 2. The van der Waals surface area contributed by atoms with Crippen LogP contribution in [0.15, 0.2) is 48.5 Å². The zero-order chi connectivity index (χ0) is 17.7. The number of esters is 1. The summed E-state index contributed by atoms with van der Waals surface area (Å²) in [6, 6.07) is 10.5. The molecule has 0 aliphatic rings. The van der Waals surface area contributed by atoms with Crippen molar-refractivity contribution in [3.63, 3.8) is 0 Å². The van der Waals surface area contributed by atoms with Crippen LogP contribution in [0.25, 0.3) is 0 Å². The maximum atomic E-state index is 12.7. The van der Waals surface area contributed by atoms with Crippen LogP contribution in [0.1, 0.15) is 15.9 Å². The summed E-state index contributed by atoms with van der Waals surface area (Å²) in [6.45, 7) is -0.652. The van der Waals surface area contributed by atoms with Gasteiger partial charge in [0.25, 0.3) is 5.91 Å². The van der Waals surface area contributed by atoms with Crippen LogP contribution >= 0.6 is 11.6 Å². The van der Waals surface area contributed by atoms with Crippen molar-refractivity contribution < 1.29 is 27.5 Å². The molecule has 0 bridgehead atoms. The van der Waals surface area contributed by atoms with E-state index in [1.54, 1.807) is 18.2 Å². The van der Waals surface area contributed by atoms with Crippen molar-refractivity contribution in [3.8, 4) is 0 Å². The Labute approximate surface area is 140 Å². The number of halogens is 4. The molecule has 0 saturated carbocycles. The molecular weight excluding hydrogens is 347 g/mol. The van der Waals surface area contributed by atoms with E-state index in [1.807, 2.05) is 0 Å². The predicted octanol–water partition coefficient (Wildman–Crippen LogP) is 4.15. The van der Waals surface area contributed by atoms with Gasteiger partial charge in [-0.3, -0.25) is 4.79 Å². The van der Waals surface area contributed by atoms with Gasteiger partial charge in [-0.15, -0.1) is 0 Å². The van der Waals surface area contributed by atoms with E-state index >= 15 is 0 Å². The van der Waals surface area contributed by atoms with Gasteiger partial charge in [-0.1, -0.05) is 29.8 Å². The van der Waals surface area contributed by atoms with Gasteiger partial charge in [0.15, 0.2) is 6.61 Å². The van der Waals surface area contributed by atoms with Gasteiger partial charge in [0.1, 0.15) is 0 Å². The fourth-order valence-corrected chi connectivity index (χ4v) is 1.94. The van der Waals surface area contributed by atoms with Crippen LogP contribution in [0.4, 0.5) is 18.9 Å². The first kappa shape index (κ1) is 17.8. The zero-order valence-corrected chi connectivity index (χ0v) is 12.8. The Hall–Kier alpha value is -2.54. The van der Waals surface area contributed by atoms with Crippen molar-refractivity contribution in [3.05, 3.63) is 64.7 Å². The normalized spacial score (nSPS) is 11.0. The van der Waals surface area contributed by atoms with Gasteiger partial charge in [0.2, 0.25) is 0 Å². The summed E-state index contributed by atoms with van der Waals surface area (Å²) in [7, 11) is 0. The Morgan fingerprint density at radius 3 is 2.38 bits per heavy atom. The number of alkyl halides is 3. The van der Waals surface area contributed by atoms with E-state index in [9.17, 15) is 22.8 Å². The number of hydrogen-bond acceptors (Lipinski definition) is 3. The van der Waals surface area contributed by atoms with E-state index in [-0.39, 0.29) is 16.3 Å². The lowest BCUT2D eigenvalue weighted by atomic mass is 10.2. The highest BCUT2D eigenvalue weighted by Gasteiger charge is 2.31. The van der Waals surface area contributed by atoms with Crippen LogP contribution in [0.2, 0.25) is 5.02 Å². The monoisotopic (exact) mass is 357 g/mol. The van der Waals surface area contributed by atoms with Crippen LogP contribution in [-0.2, 0) is 15.7 Å². The molecule has 0 heterocycles. The highest BCUT2D eigenvalue weighted by atomic mass is 35.5. The summed E-state index contributed by atoms with van der Waals surface area (Å²) in [4.78, 5) is 23.4. The summed E-state index contributed by atoms with van der Waals surface area (Å²) in [6.07, 6.45) is -4.57. The summed E-state index contributed by atoms with van der Waals surface area (Å²) < 4.78 is 42.7. The van der Waals surface area contributed by atoms with Gasteiger partial charge in [-0.25, -0.2) is 4.79 Å². The Kier molecular flexibility index (Phi) is 5.46. The molecule has 0 saturated heterocycles. The summed E-state index contributed by atoms with van der Waals surface area (Å²) >= 11 is 5.76. The minimum absolute atomic E-state index is 0.0641. The Morgan fingerprint density at radius 1 is 1.08 bits per heavy atom. The second-order valence-corrected chi connectivity index (χ2v) is 5.09. The Bertz CT molecular complexity index is 748. The molecule has 0 aliphatic heterocycles. The quantitative estimate of drug-likeness (QED) is 0.836. The van der Waals surface area contributed by atoms with E-state index in [0.717, 1.165) is 12.1 Å². The molecular formula is C16H11ClF3NO3. The molecule has 1 N–H and O–H groups in total. The highest BCUT2D eigenvalue weighted by molar-refractivity contribution is 6.33. The molecule has 0 aromatic heterocycles. The minimum atomic E-state index is -4.57. The lowest BCUT2D eigenvalue weighted by molar-refractivity contribution is -0.137. The molecule has 4 nitrogen and oxygen atoms in total. The SMILES string of the molecule is O=C(COC(=O)c1ccccc1)Nc1cc(C(F)(F)F)ccc1Cl. The second kappa shape index (κ2) is 7.35. The zero-order valence-electron chi connectivity index (χ0n) is 12.1. The summed E-state index contributed by atoms with van der Waals surface area (Å²) in [5.41, 5.74) is -0.918. The number of ether oxygens (including phenoxy) is 1. The van der Waals surface area contributed by atoms with Gasteiger partial charge in [-0.05, 0) is 30.3 Å². The molecule has 0 unspecified atom stereocenters. The summed E-state index contributed by atoms with van der Waals surface area (Å²) in [5.74, 6) is -1.53. The fourth-order valence-electron chi connectivity index (χ4n) is 1.77. The lowest BCUT2D eigenvalue weighted by Gasteiger charge is -2.11. The van der Waals surface area contributed by atoms with Crippen molar-refractivity contribution in [1.29, 1.82) is 0 Å². The average molecular weight is 358 g/mol. The molecule has 0 aliphatic carbocycles. The van der Waals surface area contributed by atoms with Crippen LogP contribution in [0, 0.1) is 0 Å². The molecule has 1 amide bonds. The van der Waals surface area contributed by atoms with Gasteiger partial charge < -0.3 is 10.1 Å². The van der Waals surface area contributed by atoms with E-state index in [0.29, 0.717) is 6.07 Å². The largest absolute Gasteiger partial charge is 0.452 e. The van der Waals surface area contributed by atoms with Crippen molar-refractivity contribution in [2.24, 2.45) is 0 Å². The standard InChI is InChI=1S/C16H11ClF3NO3/c17-12-7-6-11(16(18,19)20)8-13(12)21-14(22)9-24-15(23)10-4-2-1-3-5-10/h1-8H,9H2,(H,21,22). The minimum Gasteiger partial charge on any atom is -0.452 e. The molecule has 24 heavy (non-hydrogen) atoms. The van der Waals surface area contributed by atoms with E-state index < -0.39 is 30.2 Å². The lowest BCUT2D eigenvalue weighted by Crippen LogP contribution is -2.21. The molecule has 2 aromatic carbocycles. The number of rotatable bonds is 4. The number of benzene rings is 2. The van der Waals surface area contributed by atoms with Crippen LogP contribution in [0.5, 0.6) is 0 Å². The van der Waals surface area contributed by atoms with E-state index in [2.05, 4.69) is 5.32 Å². The highest BCUT2D eigenvalue weighted by Crippen LogP contribution is 2.33. The van der Waals surface area contributed by atoms with Gasteiger partial charge in [0, 0.05) is 0 Å². The number of amides is 1. The molecule has 8 heteroatoms. The molecule has 2 aromatic rings. The van der Waals surface area contributed by atoms with Crippen LogP contribution in [0.3, 0.4) is 0 Å². The first-order valence-electron chi connectivity index (χ1n) is 6.66. The molecule has 126 valence electrons. The van der Waals surface area contributed by atoms with Gasteiger partial charge in [-0.2, -0.15) is 13.2 Å². The van der Waals surface area contributed by atoms with Crippen molar-refractivity contribution in [1.82, 2.24) is 0 Å². The van der Waals surface area contributed by atoms with E-state index in [1.165, 1.54) is 12.1 Å². The third-order valence-corrected chi connectivity index (χ3v) is 3.24. The first-order chi connectivity index (χ1) is 11.3. The topological polar surface area (TPSA) is 55.4 Å².